The van der Waals surface area contributed by atoms with E-state index < -0.39 is 6.10 Å². The highest BCUT2D eigenvalue weighted by molar-refractivity contribution is 6.00. The second kappa shape index (κ2) is 8.81. The van der Waals surface area contributed by atoms with Gasteiger partial charge in [-0.05, 0) is 16.7 Å². The van der Waals surface area contributed by atoms with Gasteiger partial charge in [-0.3, -0.25) is 0 Å². The Bertz CT molecular complexity index is 786. The van der Waals surface area contributed by atoms with Gasteiger partial charge in [0, 0.05) is 6.42 Å². The van der Waals surface area contributed by atoms with Crippen LogP contribution in [0.1, 0.15) is 29.2 Å². The van der Waals surface area contributed by atoms with Crippen molar-refractivity contribution in [1.82, 2.24) is 0 Å². The van der Waals surface area contributed by atoms with E-state index in [0.29, 0.717) is 13.0 Å². The van der Waals surface area contributed by atoms with Gasteiger partial charge >= 0.3 is 0 Å². The lowest BCUT2D eigenvalue weighted by Crippen LogP contribution is -2.09. The van der Waals surface area contributed by atoms with E-state index in [1.807, 2.05) is 91.0 Å². The number of hydrogen-bond acceptors (Lipinski definition) is 3. The summed E-state index contributed by atoms with van der Waals surface area (Å²) in [7, 11) is 0. The molecule has 3 aromatic carbocycles. The molecular formula is C22H21NO2. The van der Waals surface area contributed by atoms with Gasteiger partial charge in [-0.25, -0.2) is 0 Å². The number of hydrogen-bond donors (Lipinski definition) is 1. The van der Waals surface area contributed by atoms with Crippen molar-refractivity contribution in [1.29, 1.82) is 0 Å². The van der Waals surface area contributed by atoms with Crippen molar-refractivity contribution < 1.29 is 9.94 Å². The SMILES string of the molecule is OC(C/C(=N/OCc1ccccc1)c1ccccc1)c1ccccc1. The summed E-state index contributed by atoms with van der Waals surface area (Å²) >= 11 is 0. The second-order valence-corrected chi connectivity index (χ2v) is 5.79. The molecule has 0 fully saturated rings. The minimum Gasteiger partial charge on any atom is -0.391 e. The van der Waals surface area contributed by atoms with Gasteiger partial charge in [0.15, 0.2) is 0 Å². The highest BCUT2D eigenvalue weighted by atomic mass is 16.6. The molecule has 0 amide bonds. The summed E-state index contributed by atoms with van der Waals surface area (Å²) in [6.07, 6.45) is -0.233. The monoisotopic (exact) mass is 331 g/mol. The molecular weight excluding hydrogens is 310 g/mol. The molecule has 0 aliphatic rings. The summed E-state index contributed by atoms with van der Waals surface area (Å²) in [6.45, 7) is 0.401. The van der Waals surface area contributed by atoms with E-state index in [2.05, 4.69) is 5.16 Å². The minimum atomic E-state index is -0.625. The van der Waals surface area contributed by atoms with Gasteiger partial charge in [-0.2, -0.15) is 0 Å². The van der Waals surface area contributed by atoms with Crippen LogP contribution in [0.25, 0.3) is 0 Å². The summed E-state index contributed by atoms with van der Waals surface area (Å²) in [6, 6.07) is 29.3. The van der Waals surface area contributed by atoms with Gasteiger partial charge in [0.05, 0.1) is 11.8 Å². The number of benzene rings is 3. The summed E-state index contributed by atoms with van der Waals surface area (Å²) in [5.41, 5.74) is 3.61. The van der Waals surface area contributed by atoms with Gasteiger partial charge in [-0.15, -0.1) is 0 Å². The molecule has 0 saturated carbocycles. The summed E-state index contributed by atoms with van der Waals surface area (Å²) in [5, 5.41) is 14.8. The van der Waals surface area contributed by atoms with Gasteiger partial charge in [0.1, 0.15) is 6.61 Å². The maximum Gasteiger partial charge on any atom is 0.142 e. The normalized spacial score (nSPS) is 12.6. The van der Waals surface area contributed by atoms with Crippen LogP contribution >= 0.6 is 0 Å². The third-order valence-corrected chi connectivity index (χ3v) is 3.93. The molecule has 0 saturated heterocycles. The first kappa shape index (κ1) is 16.9. The van der Waals surface area contributed by atoms with E-state index in [9.17, 15) is 5.11 Å². The predicted molar refractivity (Wildman–Crippen MR) is 100 cm³/mol. The maximum absolute atomic E-state index is 10.5. The summed E-state index contributed by atoms with van der Waals surface area (Å²) in [4.78, 5) is 5.55. The smallest absolute Gasteiger partial charge is 0.142 e. The van der Waals surface area contributed by atoms with Crippen molar-refractivity contribution in [2.75, 3.05) is 0 Å². The number of rotatable bonds is 7. The first-order valence-corrected chi connectivity index (χ1v) is 8.34. The molecule has 25 heavy (non-hydrogen) atoms. The molecule has 0 spiro atoms. The third-order valence-electron chi connectivity index (χ3n) is 3.93. The van der Waals surface area contributed by atoms with Gasteiger partial charge in [0.2, 0.25) is 0 Å². The van der Waals surface area contributed by atoms with Gasteiger partial charge in [0.25, 0.3) is 0 Å². The minimum absolute atomic E-state index is 0.392. The van der Waals surface area contributed by atoms with Crippen molar-refractivity contribution in [2.45, 2.75) is 19.1 Å². The van der Waals surface area contributed by atoms with Crippen LogP contribution in [0.3, 0.4) is 0 Å². The van der Waals surface area contributed by atoms with Crippen LogP contribution in [0.5, 0.6) is 0 Å². The number of nitrogens with zero attached hydrogens (tertiary/aromatic N) is 1. The molecule has 0 heterocycles. The van der Waals surface area contributed by atoms with Crippen molar-refractivity contribution in [2.24, 2.45) is 5.16 Å². The molecule has 126 valence electrons. The topological polar surface area (TPSA) is 41.8 Å². The molecule has 3 heteroatoms. The zero-order chi connectivity index (χ0) is 17.3. The number of oxime groups is 1. The van der Waals surface area contributed by atoms with Crippen LogP contribution in [-0.2, 0) is 11.4 Å². The lowest BCUT2D eigenvalue weighted by Gasteiger charge is -2.13. The highest BCUT2D eigenvalue weighted by Gasteiger charge is 2.13. The van der Waals surface area contributed by atoms with E-state index in [1.54, 1.807) is 0 Å². The molecule has 1 atom stereocenters. The molecule has 3 aromatic rings. The molecule has 0 aliphatic heterocycles. The molecule has 1 unspecified atom stereocenters. The van der Waals surface area contributed by atoms with E-state index in [-0.39, 0.29) is 0 Å². The van der Waals surface area contributed by atoms with E-state index in [4.69, 9.17) is 4.84 Å². The largest absolute Gasteiger partial charge is 0.391 e. The summed E-state index contributed by atoms with van der Waals surface area (Å²) < 4.78 is 0. The van der Waals surface area contributed by atoms with Crippen molar-refractivity contribution in [3.63, 3.8) is 0 Å². The van der Waals surface area contributed by atoms with Crippen LogP contribution in [0.4, 0.5) is 0 Å². The summed E-state index contributed by atoms with van der Waals surface area (Å²) in [5.74, 6) is 0. The second-order valence-electron chi connectivity index (χ2n) is 5.79. The van der Waals surface area contributed by atoms with Crippen LogP contribution < -0.4 is 0 Å². The van der Waals surface area contributed by atoms with Crippen LogP contribution in [0.2, 0.25) is 0 Å². The van der Waals surface area contributed by atoms with Crippen molar-refractivity contribution in [3.05, 3.63) is 108 Å². The molecule has 1 N–H and O–H groups in total. The predicted octanol–water partition coefficient (Wildman–Crippen LogP) is 4.73. The number of aliphatic hydroxyl groups excluding tert-OH is 1. The molecule has 3 rings (SSSR count). The van der Waals surface area contributed by atoms with Crippen molar-refractivity contribution >= 4 is 5.71 Å². The van der Waals surface area contributed by atoms with Gasteiger partial charge < -0.3 is 9.94 Å². The fourth-order valence-electron chi connectivity index (χ4n) is 2.57. The highest BCUT2D eigenvalue weighted by Crippen LogP contribution is 2.20. The van der Waals surface area contributed by atoms with Crippen molar-refractivity contribution in [3.8, 4) is 0 Å². The van der Waals surface area contributed by atoms with Crippen LogP contribution in [-0.4, -0.2) is 10.8 Å². The Morgan fingerprint density at radius 1 is 0.800 bits per heavy atom. The molecule has 3 nitrogen and oxygen atoms in total. The Kier molecular flexibility index (Phi) is 5.96. The molecule has 0 bridgehead atoms. The first-order valence-electron chi connectivity index (χ1n) is 8.34. The fraction of sp³-hybridized carbons (Fsp3) is 0.136. The zero-order valence-electron chi connectivity index (χ0n) is 14.0. The Hall–Kier alpha value is -2.91. The Balaban J connectivity index is 1.74. The Labute approximate surface area is 148 Å². The van der Waals surface area contributed by atoms with E-state index >= 15 is 0 Å². The Morgan fingerprint density at radius 3 is 2.00 bits per heavy atom. The van der Waals surface area contributed by atoms with E-state index in [0.717, 1.165) is 22.4 Å². The van der Waals surface area contributed by atoms with E-state index in [1.165, 1.54) is 0 Å². The Morgan fingerprint density at radius 2 is 1.36 bits per heavy atom. The quantitative estimate of drug-likeness (QED) is 0.502. The average molecular weight is 331 g/mol. The number of aliphatic hydroxyl groups is 1. The third kappa shape index (κ3) is 5.03. The molecule has 0 aromatic heterocycles. The van der Waals surface area contributed by atoms with Crippen LogP contribution in [0.15, 0.2) is 96.2 Å². The van der Waals surface area contributed by atoms with Gasteiger partial charge in [-0.1, -0.05) is 96.2 Å². The lowest BCUT2D eigenvalue weighted by atomic mass is 10.00. The first-order chi connectivity index (χ1) is 12.3. The lowest BCUT2D eigenvalue weighted by molar-refractivity contribution is 0.127. The maximum atomic E-state index is 10.5. The fourth-order valence-corrected chi connectivity index (χ4v) is 2.57. The molecule has 0 aliphatic carbocycles. The zero-order valence-corrected chi connectivity index (χ0v) is 14.0. The average Bonchev–Trinajstić information content (AvgIpc) is 2.69. The van der Waals surface area contributed by atoms with Crippen LogP contribution in [0, 0.1) is 0 Å². The molecule has 0 radical (unpaired) electrons. The standard InChI is InChI=1S/C22H21NO2/c24-22(20-14-8-3-9-15-20)16-21(19-12-6-2-7-13-19)23-25-17-18-10-4-1-5-11-18/h1-15,22,24H,16-17H2/b23-21-.